The molecule has 0 amide bonds. The molecule has 0 aliphatic heterocycles. The van der Waals surface area contributed by atoms with Crippen LogP contribution in [0.2, 0.25) is 0 Å². The van der Waals surface area contributed by atoms with Crippen LogP contribution in [0, 0.1) is 113 Å². The van der Waals surface area contributed by atoms with Crippen molar-refractivity contribution in [2.24, 2.45) is 0 Å². The number of para-hydroxylation sites is 3. The molecule has 23 rings (SSSR count). The van der Waals surface area contributed by atoms with E-state index in [1.54, 1.807) is 31.6 Å². The third kappa shape index (κ3) is 21.7. The Balaban J connectivity index is 0.000000140. The van der Waals surface area contributed by atoms with Crippen LogP contribution in [-0.4, -0.2) is 98.7 Å². The summed E-state index contributed by atoms with van der Waals surface area (Å²) in [6.45, 7) is 32.7. The van der Waals surface area contributed by atoms with E-state index in [1.807, 2.05) is 138 Å². The zero-order valence-electron chi connectivity index (χ0n) is 79.6. The molecule has 0 spiro atoms. The number of hydrogen-bond donors (Lipinski definition) is 0. The van der Waals surface area contributed by atoms with E-state index in [9.17, 15) is 0 Å². The van der Waals surface area contributed by atoms with Crippen molar-refractivity contribution in [1.29, 1.82) is 0 Å². The summed E-state index contributed by atoms with van der Waals surface area (Å²) in [7, 11) is 0. The van der Waals surface area contributed by atoms with Crippen LogP contribution in [0.3, 0.4) is 0 Å². The molecule has 0 N–H and O–H groups in total. The molecule has 0 saturated carbocycles. The maximum absolute atomic E-state index is 5.75. The van der Waals surface area contributed by atoms with E-state index >= 15 is 0 Å². The van der Waals surface area contributed by atoms with Crippen LogP contribution in [0.25, 0.3) is 174 Å². The Hall–Kier alpha value is -13.8. The van der Waals surface area contributed by atoms with Gasteiger partial charge in [-0.1, -0.05) is 221 Å². The molecule has 0 atom stereocenters. The van der Waals surface area contributed by atoms with E-state index in [1.165, 1.54) is 50.1 Å². The van der Waals surface area contributed by atoms with Gasteiger partial charge in [0, 0.05) is 197 Å². The number of aromatic nitrogens is 20. The predicted molar refractivity (Wildman–Crippen MR) is 527 cm³/mol. The van der Waals surface area contributed by atoms with E-state index in [2.05, 4.69) is 333 Å². The first-order valence-electron chi connectivity index (χ1n) is 44.6. The van der Waals surface area contributed by atoms with Crippen LogP contribution in [0.15, 0.2) is 284 Å². The molecule has 10 heterocycles. The van der Waals surface area contributed by atoms with Gasteiger partial charge in [-0.3, -0.25) is 24.9 Å². The van der Waals surface area contributed by atoms with Crippen LogP contribution in [-0.2, 0) is 101 Å². The maximum Gasteiger partial charge on any atom is 0.180 e. The van der Waals surface area contributed by atoms with Crippen molar-refractivity contribution in [3.8, 4) is 119 Å². The largest absolute Gasteiger partial charge is 0.461 e. The summed E-state index contributed by atoms with van der Waals surface area (Å²) >= 11 is 0. The van der Waals surface area contributed by atoms with E-state index < -0.39 is 0 Å². The van der Waals surface area contributed by atoms with Crippen LogP contribution in [0.5, 0.6) is 0 Å². The number of fused-ring (bicyclic) bond motifs is 5. The van der Waals surface area contributed by atoms with Gasteiger partial charge in [0.2, 0.25) is 0 Å². The second kappa shape index (κ2) is 44.7. The topological polar surface area (TPSA) is 284 Å². The molecule has 0 saturated heterocycles. The third-order valence-corrected chi connectivity index (χ3v) is 23.5. The average Bonchev–Trinajstić information content (AvgIpc) is 1.69. The second-order valence-electron chi connectivity index (χ2n) is 34.1. The van der Waals surface area contributed by atoms with Gasteiger partial charge in [0.25, 0.3) is 0 Å². The number of hydrogen-bond acceptors (Lipinski definition) is 20. The van der Waals surface area contributed by atoms with Crippen molar-refractivity contribution < 1.29 is 123 Å². The summed E-state index contributed by atoms with van der Waals surface area (Å²) in [6, 6.07) is 94.0. The Morgan fingerprint density at radius 3 is 0.780 bits per heavy atom. The van der Waals surface area contributed by atoms with E-state index in [0.29, 0.717) is 52.7 Å². The van der Waals surface area contributed by atoms with E-state index in [4.69, 9.17) is 22.1 Å². The quantitative estimate of drug-likeness (QED) is 0.0862. The first-order valence-corrected chi connectivity index (χ1v) is 44.6. The summed E-state index contributed by atoms with van der Waals surface area (Å²) in [6.07, 6.45) is 8.76. The predicted octanol–water partition coefficient (Wildman–Crippen LogP) is 25.3. The number of aryl methyl sites for hydroxylation is 12. The fourth-order valence-corrected chi connectivity index (χ4v) is 17.6. The molecule has 10 aromatic heterocycles. The minimum atomic E-state index is 0. The summed E-state index contributed by atoms with van der Waals surface area (Å²) in [5, 5.41) is 42.7. The zero-order valence-corrected chi connectivity index (χ0v) is 91.6. The molecule has 5 radical (unpaired) electrons. The van der Waals surface area contributed by atoms with Crippen molar-refractivity contribution in [2.75, 3.05) is 0 Å². The van der Waals surface area contributed by atoms with Crippen LogP contribution >= 0.6 is 0 Å². The Bertz CT molecular complexity index is 8180. The number of oxazole rings is 5. The summed E-state index contributed by atoms with van der Waals surface area (Å²) in [4.78, 5) is 21.7. The standard InChI is InChI=1S/C28H19N4O.C24H19N4O.C22H23N4O.C19H17N4O.C18H15N4O.5Ir/c1-19-30-25-16-15-22(17-26(25)33-19)28-31-29-18-32(28)27-23(20-9-4-2-5-10-20)13-8-14-24(27)21-11-6-3-7-12-21;1-15-11-20(18-7-5-4-6-8-18)12-16(2)23(15)28-14-25-27-24(28)19-9-10-21-22(13-19)29-17(3)26-21;1-13(2)17-7-6-8-18(14(3)4)21(17)26-12-23-25-22(26)16-9-10-19-20(11-16)27-15(5)24-19;1-11-7-12(2)18(13(3)8-11)23-10-20-22-19(23)15-5-6-16-17(9-15)24-14(4)21-16;1-11-5-4-6-12(2)17(11)22-10-19-21-18(22)14-7-8-15-16(9-14)23-13(3)20-15;;;;;/h2-14,16-18H,1H3;4-8,10-14H,1-3H3;6-8,10-14H,1-5H3;6-10H,1-4H3;4-6,8-10H,1-3H3;;;;;/q5*-1;;;;;. The Morgan fingerprint density at radius 1 is 0.241 bits per heavy atom. The number of benzene rings is 13. The molecule has 25 nitrogen and oxygen atoms in total. The summed E-state index contributed by atoms with van der Waals surface area (Å²) in [5.74, 6) is 7.59. The molecule has 141 heavy (non-hydrogen) atoms. The monoisotopic (exact) mass is 2750 g/mol. The Labute approximate surface area is 882 Å². The SMILES string of the molecule is Cc1cc(C)c(-n2cnnc2-c2[c-]cc3nc(C)oc3c2)c(C)c1.Cc1nc2c[c-]c(-c3nncn3-c3c(-c4ccccc4)cccc3-c3ccccc3)cc2o1.Cc1nc2c[c-]c(-c3nncn3-c3c(C(C)C)cccc3C(C)C)cc2o1.Cc1nc2c[c-]c(-c3nncn3-c3c(C)cc(-c4ccccc4)cc3C)cc2o1.Cc1nc2c[c-]c(-c3nncn3-c3c(C)cccc3C)cc2o1.[Ir].[Ir].[Ir].[Ir].[Ir]. The van der Waals surface area contributed by atoms with Gasteiger partial charge < -0.3 is 44.9 Å². The number of rotatable bonds is 15. The minimum Gasteiger partial charge on any atom is -0.461 e. The first-order chi connectivity index (χ1) is 66.0. The van der Waals surface area contributed by atoms with Crippen molar-refractivity contribution in [1.82, 2.24) is 98.7 Å². The van der Waals surface area contributed by atoms with Crippen molar-refractivity contribution >= 4 is 55.5 Å². The summed E-state index contributed by atoms with van der Waals surface area (Å²) < 4.78 is 38.5. The van der Waals surface area contributed by atoms with Gasteiger partial charge in [0.05, 0.1) is 62.7 Å². The van der Waals surface area contributed by atoms with Crippen LogP contribution < -0.4 is 0 Å². The van der Waals surface area contributed by atoms with Crippen LogP contribution in [0.4, 0.5) is 0 Å². The van der Waals surface area contributed by atoms with Gasteiger partial charge in [-0.2, -0.15) is 25.5 Å². The molecule has 13 aromatic carbocycles. The van der Waals surface area contributed by atoms with E-state index in [-0.39, 0.29) is 101 Å². The summed E-state index contributed by atoms with van der Waals surface area (Å²) in [5.41, 5.74) is 34.8. The molecule has 0 bridgehead atoms. The van der Waals surface area contributed by atoms with Crippen molar-refractivity contribution in [3.05, 3.63) is 372 Å². The molecular formula is C111H93Ir5N20O5-5. The first kappa shape index (κ1) is 103. The average molecular weight is 2750 g/mol. The molecule has 0 aliphatic rings. The van der Waals surface area contributed by atoms with Crippen LogP contribution in [0.1, 0.15) is 119 Å². The Kier molecular flexibility index (Phi) is 32.7. The fourth-order valence-electron chi connectivity index (χ4n) is 17.6. The van der Waals surface area contributed by atoms with Gasteiger partial charge in [0.1, 0.15) is 31.6 Å². The van der Waals surface area contributed by atoms with Crippen molar-refractivity contribution in [3.63, 3.8) is 0 Å². The molecule has 717 valence electrons. The molecule has 0 unspecified atom stereocenters. The van der Waals surface area contributed by atoms with Gasteiger partial charge in [-0.05, 0) is 139 Å². The molecular weight excluding hydrogens is 2650 g/mol. The smallest absolute Gasteiger partial charge is 0.180 e. The molecule has 30 heteroatoms. The van der Waals surface area contributed by atoms with Crippen molar-refractivity contribution in [2.45, 2.75) is 123 Å². The molecule has 0 fully saturated rings. The van der Waals surface area contributed by atoms with Gasteiger partial charge >= 0.3 is 0 Å². The molecule has 0 aliphatic carbocycles. The zero-order chi connectivity index (χ0) is 94.1. The fraction of sp³-hybridized carbons (Fsp3) is 0.162. The van der Waals surface area contributed by atoms with Gasteiger partial charge in [-0.15, -0.1) is 114 Å². The maximum atomic E-state index is 5.75. The minimum absolute atomic E-state index is 0. The molecule has 23 aromatic rings. The third-order valence-electron chi connectivity index (χ3n) is 23.5. The van der Waals surface area contributed by atoms with E-state index in [0.717, 1.165) is 163 Å². The number of nitrogens with zero attached hydrogens (tertiary/aromatic N) is 20. The normalized spacial score (nSPS) is 11.0. The Morgan fingerprint density at radius 2 is 0.489 bits per heavy atom. The van der Waals surface area contributed by atoms with Gasteiger partial charge in [-0.25, -0.2) is 0 Å². The van der Waals surface area contributed by atoms with Gasteiger partial charge in [0.15, 0.2) is 29.5 Å². The second-order valence-corrected chi connectivity index (χ2v) is 34.1.